The van der Waals surface area contributed by atoms with Gasteiger partial charge in [0.15, 0.2) is 0 Å². The Morgan fingerprint density at radius 1 is 1.62 bits per heavy atom. The highest BCUT2D eigenvalue weighted by Crippen LogP contribution is 2.24. The standard InChI is InChI=1S/C9H9F3N2O2/c1-16-9(15)6-5(10)2-4(3-13)14-7(6)8(11)12/h2,8H,3,13H2,1H3. The molecule has 1 heterocycles. The van der Waals surface area contributed by atoms with Crippen molar-refractivity contribution in [2.75, 3.05) is 7.11 Å². The minimum Gasteiger partial charge on any atom is -0.465 e. The van der Waals surface area contributed by atoms with Crippen LogP contribution in [-0.4, -0.2) is 18.1 Å². The number of rotatable bonds is 3. The molecule has 0 aromatic carbocycles. The highest BCUT2D eigenvalue weighted by Gasteiger charge is 2.25. The number of alkyl halides is 2. The van der Waals surface area contributed by atoms with E-state index >= 15 is 0 Å². The third kappa shape index (κ3) is 2.30. The average Bonchev–Trinajstić information content (AvgIpc) is 2.26. The lowest BCUT2D eigenvalue weighted by Crippen LogP contribution is -2.14. The summed E-state index contributed by atoms with van der Waals surface area (Å²) in [7, 11) is 0.966. The molecule has 0 saturated heterocycles. The van der Waals surface area contributed by atoms with Gasteiger partial charge >= 0.3 is 5.97 Å². The molecule has 1 aromatic heterocycles. The first-order valence-corrected chi connectivity index (χ1v) is 4.27. The molecule has 2 N–H and O–H groups in total. The van der Waals surface area contributed by atoms with Crippen molar-refractivity contribution >= 4 is 5.97 Å². The minimum atomic E-state index is -3.07. The van der Waals surface area contributed by atoms with Crippen LogP contribution in [0, 0.1) is 5.82 Å². The number of nitrogens with zero attached hydrogens (tertiary/aromatic N) is 1. The maximum absolute atomic E-state index is 13.4. The van der Waals surface area contributed by atoms with E-state index in [9.17, 15) is 18.0 Å². The summed E-state index contributed by atoms with van der Waals surface area (Å²) < 4.78 is 42.6. The van der Waals surface area contributed by atoms with E-state index in [2.05, 4.69) is 9.72 Å². The summed E-state index contributed by atoms with van der Waals surface area (Å²) >= 11 is 0. The number of carbonyl (C=O) groups is 1. The fourth-order valence-corrected chi connectivity index (χ4v) is 1.15. The molecule has 16 heavy (non-hydrogen) atoms. The lowest BCUT2D eigenvalue weighted by atomic mass is 10.1. The fourth-order valence-electron chi connectivity index (χ4n) is 1.15. The molecule has 7 heteroatoms. The number of nitrogens with two attached hydrogens (primary N) is 1. The molecule has 0 amide bonds. The minimum absolute atomic E-state index is 0.0551. The summed E-state index contributed by atoms with van der Waals surface area (Å²) in [6.45, 7) is -0.196. The summed E-state index contributed by atoms with van der Waals surface area (Å²) in [6, 6.07) is 0.831. The number of pyridine rings is 1. The van der Waals surface area contributed by atoms with Gasteiger partial charge in [-0.2, -0.15) is 0 Å². The van der Waals surface area contributed by atoms with Crippen LogP contribution in [-0.2, 0) is 11.3 Å². The van der Waals surface area contributed by atoms with Gasteiger partial charge in [0.2, 0.25) is 0 Å². The molecule has 0 atom stereocenters. The van der Waals surface area contributed by atoms with Crippen molar-refractivity contribution in [2.24, 2.45) is 5.73 Å². The molecule has 0 fully saturated rings. The number of hydrogen-bond acceptors (Lipinski definition) is 4. The van der Waals surface area contributed by atoms with Gasteiger partial charge in [-0.3, -0.25) is 0 Å². The van der Waals surface area contributed by atoms with Crippen molar-refractivity contribution in [1.82, 2.24) is 4.98 Å². The maximum atomic E-state index is 13.4. The Morgan fingerprint density at radius 3 is 2.69 bits per heavy atom. The van der Waals surface area contributed by atoms with Crippen LogP contribution in [0.4, 0.5) is 13.2 Å². The largest absolute Gasteiger partial charge is 0.465 e. The zero-order valence-electron chi connectivity index (χ0n) is 8.34. The van der Waals surface area contributed by atoms with Crippen molar-refractivity contribution < 1.29 is 22.7 Å². The maximum Gasteiger partial charge on any atom is 0.342 e. The highest BCUT2D eigenvalue weighted by molar-refractivity contribution is 5.90. The van der Waals surface area contributed by atoms with Crippen molar-refractivity contribution in [3.05, 3.63) is 28.8 Å². The predicted octanol–water partition coefficient (Wildman–Crippen LogP) is 1.40. The second kappa shape index (κ2) is 4.93. The quantitative estimate of drug-likeness (QED) is 0.803. The summed E-state index contributed by atoms with van der Waals surface area (Å²) in [5.74, 6) is -2.30. The van der Waals surface area contributed by atoms with Gasteiger partial charge in [-0.15, -0.1) is 0 Å². The third-order valence-corrected chi connectivity index (χ3v) is 1.86. The van der Waals surface area contributed by atoms with Crippen LogP contribution >= 0.6 is 0 Å². The zero-order chi connectivity index (χ0) is 12.3. The monoisotopic (exact) mass is 234 g/mol. The van der Waals surface area contributed by atoms with Gasteiger partial charge < -0.3 is 10.5 Å². The van der Waals surface area contributed by atoms with E-state index in [1.54, 1.807) is 0 Å². The van der Waals surface area contributed by atoms with E-state index < -0.39 is 29.5 Å². The molecule has 0 aliphatic rings. The first-order chi connectivity index (χ1) is 7.51. The van der Waals surface area contributed by atoms with Crippen LogP contribution in [0.3, 0.4) is 0 Å². The first-order valence-electron chi connectivity index (χ1n) is 4.27. The van der Waals surface area contributed by atoms with Gasteiger partial charge in [-0.25, -0.2) is 22.9 Å². The van der Waals surface area contributed by atoms with Gasteiger partial charge in [0, 0.05) is 6.54 Å². The Kier molecular flexibility index (Phi) is 3.83. The number of hydrogen-bond donors (Lipinski definition) is 1. The molecule has 0 aliphatic carbocycles. The molecule has 0 aliphatic heterocycles. The van der Waals surface area contributed by atoms with Crippen molar-refractivity contribution in [1.29, 1.82) is 0 Å². The molecule has 0 bridgehead atoms. The highest BCUT2D eigenvalue weighted by atomic mass is 19.3. The normalized spacial score (nSPS) is 10.6. The van der Waals surface area contributed by atoms with Crippen LogP contribution in [0.2, 0.25) is 0 Å². The number of methoxy groups -OCH3 is 1. The molecule has 0 saturated carbocycles. The smallest absolute Gasteiger partial charge is 0.342 e. The third-order valence-electron chi connectivity index (χ3n) is 1.86. The second-order valence-corrected chi connectivity index (χ2v) is 2.85. The van der Waals surface area contributed by atoms with Crippen LogP contribution in [0.15, 0.2) is 6.07 Å². The fraction of sp³-hybridized carbons (Fsp3) is 0.333. The van der Waals surface area contributed by atoms with E-state index in [0.717, 1.165) is 13.2 Å². The van der Waals surface area contributed by atoms with Gasteiger partial charge in [0.1, 0.15) is 17.1 Å². The van der Waals surface area contributed by atoms with Gasteiger partial charge in [0.05, 0.1) is 12.8 Å². The van der Waals surface area contributed by atoms with Crippen LogP contribution in [0.1, 0.15) is 28.2 Å². The summed E-state index contributed by atoms with van der Waals surface area (Å²) in [6.07, 6.45) is -3.07. The number of aromatic nitrogens is 1. The summed E-state index contributed by atoms with van der Waals surface area (Å²) in [5, 5.41) is 0. The Morgan fingerprint density at radius 2 is 2.25 bits per heavy atom. The van der Waals surface area contributed by atoms with Gasteiger partial charge in [-0.05, 0) is 6.07 Å². The van der Waals surface area contributed by atoms with Crippen LogP contribution < -0.4 is 5.73 Å². The van der Waals surface area contributed by atoms with Crippen LogP contribution in [0.25, 0.3) is 0 Å². The number of carbonyl (C=O) groups excluding carboxylic acids is 1. The van der Waals surface area contributed by atoms with Crippen molar-refractivity contribution in [3.8, 4) is 0 Å². The molecule has 88 valence electrons. The molecule has 0 radical (unpaired) electrons. The molecule has 0 unspecified atom stereocenters. The van der Waals surface area contributed by atoms with E-state index in [-0.39, 0.29) is 12.2 Å². The molecule has 0 spiro atoms. The van der Waals surface area contributed by atoms with Crippen molar-refractivity contribution in [2.45, 2.75) is 13.0 Å². The van der Waals surface area contributed by atoms with Gasteiger partial charge in [0.25, 0.3) is 6.43 Å². The first kappa shape index (κ1) is 12.4. The zero-order valence-corrected chi connectivity index (χ0v) is 8.34. The molecular weight excluding hydrogens is 225 g/mol. The Bertz CT molecular complexity index is 410. The topological polar surface area (TPSA) is 65.2 Å². The van der Waals surface area contributed by atoms with E-state index in [0.29, 0.717) is 0 Å². The Labute approximate surface area is 89.2 Å². The number of esters is 1. The van der Waals surface area contributed by atoms with Crippen molar-refractivity contribution in [3.63, 3.8) is 0 Å². The van der Waals surface area contributed by atoms with E-state index in [1.807, 2.05) is 0 Å². The number of ether oxygens (including phenoxy) is 1. The predicted molar refractivity (Wildman–Crippen MR) is 48.4 cm³/mol. The molecular formula is C9H9F3N2O2. The van der Waals surface area contributed by atoms with E-state index in [1.165, 1.54) is 0 Å². The molecule has 1 rings (SSSR count). The number of halogens is 3. The molecule has 4 nitrogen and oxygen atoms in total. The second-order valence-electron chi connectivity index (χ2n) is 2.85. The molecule has 1 aromatic rings. The Balaban J connectivity index is 3.39. The SMILES string of the molecule is COC(=O)c1c(F)cc(CN)nc1C(F)F. The lowest BCUT2D eigenvalue weighted by Gasteiger charge is -2.09. The van der Waals surface area contributed by atoms with Gasteiger partial charge in [-0.1, -0.05) is 0 Å². The van der Waals surface area contributed by atoms with Crippen LogP contribution in [0.5, 0.6) is 0 Å². The lowest BCUT2D eigenvalue weighted by molar-refractivity contribution is 0.0580. The summed E-state index contributed by atoms with van der Waals surface area (Å²) in [5.41, 5.74) is 3.30. The Hall–Kier alpha value is -1.63. The average molecular weight is 234 g/mol. The summed E-state index contributed by atoms with van der Waals surface area (Å²) in [4.78, 5) is 14.5. The van der Waals surface area contributed by atoms with E-state index in [4.69, 9.17) is 5.73 Å².